The van der Waals surface area contributed by atoms with Crippen molar-refractivity contribution in [2.24, 2.45) is 20.8 Å². The minimum atomic E-state index is -0.0649. The largest absolute Gasteiger partial charge is 0.504 e. The topological polar surface area (TPSA) is 108 Å². The van der Waals surface area contributed by atoms with Crippen LogP contribution in [0.5, 0.6) is 23.0 Å². The third-order valence-electron chi connectivity index (χ3n) is 7.66. The van der Waals surface area contributed by atoms with E-state index >= 15 is 0 Å². The van der Waals surface area contributed by atoms with Gasteiger partial charge in [-0.05, 0) is 44.5 Å². The van der Waals surface area contributed by atoms with Crippen molar-refractivity contribution in [3.8, 4) is 23.0 Å². The zero-order valence-electron chi connectivity index (χ0n) is 26.8. The number of aliphatic imine (C=N–C) groups is 2. The van der Waals surface area contributed by atoms with E-state index in [9.17, 15) is 10.2 Å². The predicted octanol–water partition coefficient (Wildman–Crippen LogP) is 6.19. The highest BCUT2D eigenvalue weighted by molar-refractivity contribution is 6.04. The summed E-state index contributed by atoms with van der Waals surface area (Å²) in [5.41, 5.74) is 1.22. The van der Waals surface area contributed by atoms with Gasteiger partial charge in [0.05, 0.1) is 14.2 Å². The summed E-state index contributed by atoms with van der Waals surface area (Å²) in [6.45, 7) is 13.2. The smallest absolute Gasteiger partial charge is 0.167 e. The van der Waals surface area contributed by atoms with Crippen molar-refractivity contribution in [1.82, 2.24) is 10.6 Å². The van der Waals surface area contributed by atoms with Crippen LogP contribution in [-0.4, -0.2) is 76.1 Å². The second kappa shape index (κ2) is 14.6. The first-order chi connectivity index (χ1) is 21.0. The van der Waals surface area contributed by atoms with Crippen molar-refractivity contribution in [3.05, 3.63) is 71.8 Å². The van der Waals surface area contributed by atoms with Crippen LogP contribution in [0, 0.1) is 10.8 Å². The standard InChI is InChI=1S/C36H46N4O4/c1-35(2,23-39-19-29-27-13-9-7-11-25(27)17-31(43-5)33(29)41)21-37-15-16-38-22-36(3,4)24-40-20-30-28-14-10-8-12-26(28)18-32(44-6)34(30)42/h7-14,17-20,37-38,41-42H,15-16,21-24H2,1-6H3. The Morgan fingerprint density at radius 2 is 1.05 bits per heavy atom. The highest BCUT2D eigenvalue weighted by Crippen LogP contribution is 2.36. The molecule has 0 aliphatic heterocycles. The van der Waals surface area contributed by atoms with Crippen LogP contribution in [0.1, 0.15) is 38.8 Å². The van der Waals surface area contributed by atoms with Gasteiger partial charge in [0.25, 0.3) is 0 Å². The minimum Gasteiger partial charge on any atom is -0.504 e. The molecule has 0 fully saturated rings. The summed E-state index contributed by atoms with van der Waals surface area (Å²) in [5, 5.41) is 32.4. The lowest BCUT2D eigenvalue weighted by Gasteiger charge is -2.25. The zero-order valence-corrected chi connectivity index (χ0v) is 26.8. The van der Waals surface area contributed by atoms with Gasteiger partial charge in [0.15, 0.2) is 23.0 Å². The molecule has 0 amide bonds. The average Bonchev–Trinajstić information content (AvgIpc) is 3.00. The number of hydrogen-bond donors (Lipinski definition) is 4. The molecule has 4 aromatic carbocycles. The summed E-state index contributed by atoms with van der Waals surface area (Å²) in [6.07, 6.45) is 3.51. The van der Waals surface area contributed by atoms with Crippen LogP contribution >= 0.6 is 0 Å². The van der Waals surface area contributed by atoms with E-state index in [1.807, 2.05) is 60.7 Å². The van der Waals surface area contributed by atoms with E-state index in [0.29, 0.717) is 35.7 Å². The van der Waals surface area contributed by atoms with Gasteiger partial charge in [0.1, 0.15) is 0 Å². The highest BCUT2D eigenvalue weighted by atomic mass is 16.5. The number of benzene rings is 4. The van der Waals surface area contributed by atoms with Gasteiger partial charge >= 0.3 is 0 Å². The third kappa shape index (κ3) is 8.27. The molecule has 0 heterocycles. The normalized spacial score (nSPS) is 12.6. The quantitative estimate of drug-likeness (QED) is 0.0960. The van der Waals surface area contributed by atoms with Gasteiger partial charge in [-0.15, -0.1) is 0 Å². The summed E-state index contributed by atoms with van der Waals surface area (Å²) < 4.78 is 10.7. The fraction of sp³-hybridized carbons (Fsp3) is 0.389. The summed E-state index contributed by atoms with van der Waals surface area (Å²) >= 11 is 0. The van der Waals surface area contributed by atoms with Crippen LogP contribution in [0.2, 0.25) is 0 Å². The predicted molar refractivity (Wildman–Crippen MR) is 183 cm³/mol. The molecule has 8 heteroatoms. The molecule has 4 N–H and O–H groups in total. The minimum absolute atomic E-state index is 0.0649. The molecule has 0 radical (unpaired) electrons. The summed E-state index contributed by atoms with van der Waals surface area (Å²) in [4.78, 5) is 9.39. The number of hydrogen-bond acceptors (Lipinski definition) is 8. The van der Waals surface area contributed by atoms with Gasteiger partial charge in [-0.3, -0.25) is 9.98 Å². The number of phenolic OH excluding ortho intramolecular Hbond substituents is 2. The van der Waals surface area contributed by atoms with Crippen molar-refractivity contribution in [2.75, 3.05) is 53.5 Å². The fourth-order valence-electron chi connectivity index (χ4n) is 5.16. The Morgan fingerprint density at radius 3 is 1.43 bits per heavy atom. The van der Waals surface area contributed by atoms with Crippen LogP contribution in [0.4, 0.5) is 0 Å². The van der Waals surface area contributed by atoms with Gasteiger partial charge in [-0.1, -0.05) is 76.2 Å². The second-order valence-electron chi connectivity index (χ2n) is 12.7. The van der Waals surface area contributed by atoms with Gasteiger partial charge in [0, 0.05) is 62.8 Å². The van der Waals surface area contributed by atoms with E-state index in [-0.39, 0.29) is 22.3 Å². The molecule has 0 spiro atoms. The second-order valence-corrected chi connectivity index (χ2v) is 12.7. The maximum Gasteiger partial charge on any atom is 0.167 e. The molecule has 0 saturated heterocycles. The molecule has 0 aromatic heterocycles. The number of fused-ring (bicyclic) bond motifs is 2. The number of phenols is 2. The zero-order chi connectivity index (χ0) is 31.7. The molecular weight excluding hydrogens is 552 g/mol. The molecule has 0 saturated carbocycles. The van der Waals surface area contributed by atoms with Crippen LogP contribution < -0.4 is 20.1 Å². The molecule has 234 valence electrons. The van der Waals surface area contributed by atoms with Gasteiger partial charge < -0.3 is 30.3 Å². The number of methoxy groups -OCH3 is 2. The van der Waals surface area contributed by atoms with Crippen LogP contribution in [0.25, 0.3) is 21.5 Å². The van der Waals surface area contributed by atoms with Gasteiger partial charge in [-0.2, -0.15) is 0 Å². The lowest BCUT2D eigenvalue weighted by molar-refractivity contribution is 0.337. The van der Waals surface area contributed by atoms with Gasteiger partial charge in [-0.25, -0.2) is 0 Å². The number of nitrogens with one attached hydrogen (secondary N) is 2. The van der Waals surface area contributed by atoms with Crippen molar-refractivity contribution >= 4 is 34.0 Å². The van der Waals surface area contributed by atoms with Crippen LogP contribution in [-0.2, 0) is 0 Å². The van der Waals surface area contributed by atoms with Crippen LogP contribution in [0.3, 0.4) is 0 Å². The highest BCUT2D eigenvalue weighted by Gasteiger charge is 2.19. The Morgan fingerprint density at radius 1 is 0.659 bits per heavy atom. The van der Waals surface area contributed by atoms with Crippen molar-refractivity contribution < 1.29 is 19.7 Å². The maximum absolute atomic E-state index is 10.7. The molecular formula is C36H46N4O4. The molecule has 0 aliphatic rings. The number of ether oxygens (including phenoxy) is 2. The Bertz CT molecular complexity index is 1510. The first kappa shape index (κ1) is 32.8. The van der Waals surface area contributed by atoms with Gasteiger partial charge in [0.2, 0.25) is 0 Å². The van der Waals surface area contributed by atoms with E-state index in [0.717, 1.165) is 47.7 Å². The lowest BCUT2D eigenvalue weighted by Crippen LogP contribution is -2.39. The first-order valence-electron chi connectivity index (χ1n) is 15.0. The molecule has 0 aliphatic carbocycles. The molecule has 0 unspecified atom stereocenters. The number of nitrogens with zero attached hydrogens (tertiary/aromatic N) is 2. The monoisotopic (exact) mass is 598 g/mol. The fourth-order valence-corrected chi connectivity index (χ4v) is 5.16. The lowest BCUT2D eigenvalue weighted by atomic mass is 9.93. The van der Waals surface area contributed by atoms with E-state index < -0.39 is 0 Å². The Hall–Kier alpha value is -4.14. The summed E-state index contributed by atoms with van der Waals surface area (Å²) in [7, 11) is 3.11. The van der Waals surface area contributed by atoms with E-state index in [1.165, 1.54) is 0 Å². The SMILES string of the molecule is COc1cc2ccccc2c(C=NCC(C)(C)CNCCNCC(C)(C)CN=Cc2c(O)c(OC)cc3ccccc23)c1O. The first-order valence-corrected chi connectivity index (χ1v) is 15.0. The van der Waals surface area contributed by atoms with Crippen LogP contribution in [0.15, 0.2) is 70.6 Å². The molecule has 8 nitrogen and oxygen atoms in total. The Labute approximate surface area is 260 Å². The molecule has 0 bridgehead atoms. The third-order valence-corrected chi connectivity index (χ3v) is 7.66. The molecule has 4 rings (SSSR count). The van der Waals surface area contributed by atoms with Crippen molar-refractivity contribution in [3.63, 3.8) is 0 Å². The molecule has 0 atom stereocenters. The van der Waals surface area contributed by atoms with E-state index in [2.05, 4.69) is 38.3 Å². The van der Waals surface area contributed by atoms with Crippen molar-refractivity contribution in [2.45, 2.75) is 27.7 Å². The number of rotatable bonds is 15. The number of aromatic hydroxyl groups is 2. The van der Waals surface area contributed by atoms with E-state index in [4.69, 9.17) is 19.5 Å². The summed E-state index contributed by atoms with van der Waals surface area (Å²) in [5.74, 6) is 1.10. The average molecular weight is 599 g/mol. The summed E-state index contributed by atoms with van der Waals surface area (Å²) in [6, 6.07) is 19.5. The molecule has 44 heavy (non-hydrogen) atoms. The molecule has 4 aromatic rings. The van der Waals surface area contributed by atoms with Crippen molar-refractivity contribution in [1.29, 1.82) is 0 Å². The maximum atomic E-state index is 10.7. The van der Waals surface area contributed by atoms with E-state index in [1.54, 1.807) is 26.6 Å². The Balaban J connectivity index is 1.22. The Kier molecular flexibility index (Phi) is 10.8.